The van der Waals surface area contributed by atoms with Gasteiger partial charge in [-0.25, -0.2) is 4.79 Å². The van der Waals surface area contributed by atoms with Crippen molar-refractivity contribution < 1.29 is 23.5 Å². The molecule has 0 bridgehead atoms. The molecule has 0 atom stereocenters. The smallest absolute Gasteiger partial charge is 0.348 e. The zero-order valence-corrected chi connectivity index (χ0v) is 14.5. The highest BCUT2D eigenvalue weighted by molar-refractivity contribution is 7.14. The van der Waals surface area contributed by atoms with Gasteiger partial charge in [-0.15, -0.1) is 11.3 Å². The van der Waals surface area contributed by atoms with Gasteiger partial charge in [-0.05, 0) is 49.4 Å². The van der Waals surface area contributed by atoms with Gasteiger partial charge in [0.15, 0.2) is 12.4 Å². The first kappa shape index (κ1) is 17.4. The van der Waals surface area contributed by atoms with E-state index in [0.717, 1.165) is 25.7 Å². The molecule has 7 heteroatoms. The lowest BCUT2D eigenvalue weighted by atomic mass is 10.00. The Kier molecular flexibility index (Phi) is 5.65. The van der Waals surface area contributed by atoms with Crippen molar-refractivity contribution in [2.45, 2.75) is 38.5 Å². The maximum Gasteiger partial charge on any atom is 0.348 e. The van der Waals surface area contributed by atoms with Crippen LogP contribution in [0.4, 0.5) is 0 Å². The number of thiophene rings is 1. The number of esters is 1. The first-order valence-electron chi connectivity index (χ1n) is 8.30. The SMILES string of the molecule is O=C(COC(=O)c1cc2c(s1)CCCCCC2)NC(=O)c1ccco1. The maximum atomic E-state index is 12.2. The maximum absolute atomic E-state index is 12.2. The van der Waals surface area contributed by atoms with E-state index >= 15 is 0 Å². The topological polar surface area (TPSA) is 85.6 Å². The lowest BCUT2D eigenvalue weighted by Gasteiger charge is -2.07. The Morgan fingerprint density at radius 2 is 1.96 bits per heavy atom. The number of fused-ring (bicyclic) bond motifs is 1. The quantitative estimate of drug-likeness (QED) is 0.846. The molecule has 0 spiro atoms. The van der Waals surface area contributed by atoms with Gasteiger partial charge in [-0.2, -0.15) is 0 Å². The van der Waals surface area contributed by atoms with Gasteiger partial charge in [0.1, 0.15) is 4.88 Å². The number of rotatable bonds is 4. The Balaban J connectivity index is 1.53. The Morgan fingerprint density at radius 1 is 1.16 bits per heavy atom. The van der Waals surface area contributed by atoms with Crippen molar-refractivity contribution in [3.63, 3.8) is 0 Å². The Morgan fingerprint density at radius 3 is 2.72 bits per heavy atom. The largest absolute Gasteiger partial charge is 0.459 e. The van der Waals surface area contributed by atoms with Crippen LogP contribution in [0.3, 0.4) is 0 Å². The van der Waals surface area contributed by atoms with Gasteiger partial charge in [0.05, 0.1) is 6.26 Å². The van der Waals surface area contributed by atoms with E-state index in [2.05, 4.69) is 5.32 Å². The van der Waals surface area contributed by atoms with Crippen molar-refractivity contribution in [3.8, 4) is 0 Å². The Bertz CT molecular complexity index is 737. The number of hydrogen-bond donors (Lipinski definition) is 1. The summed E-state index contributed by atoms with van der Waals surface area (Å²) < 4.78 is 9.91. The van der Waals surface area contributed by atoms with Gasteiger partial charge in [0, 0.05) is 4.88 Å². The van der Waals surface area contributed by atoms with Crippen LogP contribution in [0.15, 0.2) is 28.9 Å². The van der Waals surface area contributed by atoms with E-state index in [-0.39, 0.29) is 5.76 Å². The van der Waals surface area contributed by atoms with E-state index in [1.165, 1.54) is 46.9 Å². The number of nitrogens with one attached hydrogen (secondary N) is 1. The second kappa shape index (κ2) is 8.11. The average molecular weight is 361 g/mol. The highest BCUT2D eigenvalue weighted by Gasteiger charge is 2.19. The predicted octanol–water partition coefficient (Wildman–Crippen LogP) is 3.11. The third-order valence-electron chi connectivity index (χ3n) is 4.03. The first-order valence-corrected chi connectivity index (χ1v) is 9.11. The van der Waals surface area contributed by atoms with Crippen molar-refractivity contribution in [1.82, 2.24) is 5.32 Å². The fourth-order valence-electron chi connectivity index (χ4n) is 2.78. The van der Waals surface area contributed by atoms with Crippen molar-refractivity contribution in [2.75, 3.05) is 6.61 Å². The van der Waals surface area contributed by atoms with Gasteiger partial charge in [-0.3, -0.25) is 14.9 Å². The van der Waals surface area contributed by atoms with Crippen LogP contribution in [0.2, 0.25) is 0 Å². The normalized spacial score (nSPS) is 14.1. The lowest BCUT2D eigenvalue weighted by Crippen LogP contribution is -2.33. The molecular formula is C18H19NO5S. The predicted molar refractivity (Wildman–Crippen MR) is 91.7 cm³/mol. The molecule has 132 valence electrons. The second-order valence-electron chi connectivity index (χ2n) is 5.90. The fourth-order valence-corrected chi connectivity index (χ4v) is 3.93. The minimum atomic E-state index is -0.690. The van der Waals surface area contributed by atoms with Gasteiger partial charge in [0.25, 0.3) is 11.8 Å². The molecule has 0 radical (unpaired) electrons. The summed E-state index contributed by atoms with van der Waals surface area (Å²) >= 11 is 1.44. The second-order valence-corrected chi connectivity index (χ2v) is 7.04. The van der Waals surface area contributed by atoms with Crippen LogP contribution in [-0.2, 0) is 22.4 Å². The zero-order valence-electron chi connectivity index (χ0n) is 13.7. The molecule has 0 saturated heterocycles. The van der Waals surface area contributed by atoms with E-state index in [1.54, 1.807) is 6.07 Å². The number of carbonyl (C=O) groups excluding carboxylic acids is 3. The summed E-state index contributed by atoms with van der Waals surface area (Å²) in [5.41, 5.74) is 1.22. The summed E-state index contributed by atoms with van der Waals surface area (Å²) in [7, 11) is 0. The molecule has 0 saturated carbocycles. The number of carbonyl (C=O) groups is 3. The molecule has 0 fully saturated rings. The summed E-state index contributed by atoms with van der Waals surface area (Å²) in [5.74, 6) is -1.86. The lowest BCUT2D eigenvalue weighted by molar-refractivity contribution is -0.123. The van der Waals surface area contributed by atoms with Gasteiger partial charge in [0.2, 0.25) is 0 Å². The molecule has 2 amide bonds. The monoisotopic (exact) mass is 361 g/mol. The molecular weight excluding hydrogens is 342 g/mol. The molecule has 0 aliphatic heterocycles. The molecule has 1 N–H and O–H groups in total. The summed E-state index contributed by atoms with van der Waals surface area (Å²) in [6.07, 6.45) is 8.03. The van der Waals surface area contributed by atoms with Crippen LogP contribution in [0, 0.1) is 0 Å². The number of hydrogen-bond acceptors (Lipinski definition) is 6. The standard InChI is InChI=1S/C18H19NO5S/c20-16(19-17(21)13-7-5-9-23-13)11-24-18(22)15-10-12-6-3-1-2-4-8-14(12)25-15/h5,7,9-10H,1-4,6,8,11H2,(H,19,20,21). The molecule has 2 aromatic rings. The molecule has 0 unspecified atom stereocenters. The molecule has 0 aromatic carbocycles. The summed E-state index contributed by atoms with van der Waals surface area (Å²) in [6, 6.07) is 4.86. The molecule has 1 aliphatic carbocycles. The minimum absolute atomic E-state index is 0.0257. The number of aryl methyl sites for hydroxylation is 2. The van der Waals surface area contributed by atoms with E-state index < -0.39 is 24.4 Å². The summed E-state index contributed by atoms with van der Waals surface area (Å²) in [5, 5.41) is 2.11. The Hall–Kier alpha value is -2.41. The minimum Gasteiger partial charge on any atom is -0.459 e. The van der Waals surface area contributed by atoms with Crippen LogP contribution in [0.1, 0.15) is 56.4 Å². The summed E-state index contributed by atoms with van der Waals surface area (Å²) in [6.45, 7) is -0.506. The van der Waals surface area contributed by atoms with E-state index in [1.807, 2.05) is 6.07 Å². The number of amides is 2. The van der Waals surface area contributed by atoms with Crippen molar-refractivity contribution in [2.24, 2.45) is 0 Å². The third kappa shape index (κ3) is 4.57. The fraction of sp³-hybridized carbons (Fsp3) is 0.389. The molecule has 1 aliphatic rings. The van der Waals surface area contributed by atoms with E-state index in [4.69, 9.17) is 9.15 Å². The van der Waals surface area contributed by atoms with Crippen molar-refractivity contribution >= 4 is 29.1 Å². The Labute approximate surface area is 149 Å². The molecule has 2 aromatic heterocycles. The van der Waals surface area contributed by atoms with Crippen LogP contribution >= 0.6 is 11.3 Å². The molecule has 25 heavy (non-hydrogen) atoms. The van der Waals surface area contributed by atoms with Crippen LogP contribution in [-0.4, -0.2) is 24.4 Å². The number of ether oxygens (including phenoxy) is 1. The van der Waals surface area contributed by atoms with Crippen LogP contribution in [0.5, 0.6) is 0 Å². The average Bonchev–Trinajstić information content (AvgIpc) is 3.22. The molecule has 2 heterocycles. The zero-order chi connectivity index (χ0) is 17.6. The molecule has 3 rings (SSSR count). The summed E-state index contributed by atoms with van der Waals surface area (Å²) in [4.78, 5) is 37.3. The highest BCUT2D eigenvalue weighted by atomic mass is 32.1. The van der Waals surface area contributed by atoms with Crippen LogP contribution in [0.25, 0.3) is 0 Å². The number of imide groups is 1. The van der Waals surface area contributed by atoms with Gasteiger partial charge < -0.3 is 9.15 Å². The van der Waals surface area contributed by atoms with Crippen LogP contribution < -0.4 is 5.32 Å². The molecule has 6 nitrogen and oxygen atoms in total. The number of furan rings is 1. The van der Waals surface area contributed by atoms with Gasteiger partial charge in [-0.1, -0.05) is 12.8 Å². The first-order chi connectivity index (χ1) is 12.1. The van der Waals surface area contributed by atoms with E-state index in [9.17, 15) is 14.4 Å². The van der Waals surface area contributed by atoms with Crippen molar-refractivity contribution in [1.29, 1.82) is 0 Å². The van der Waals surface area contributed by atoms with E-state index in [0.29, 0.717) is 4.88 Å². The highest BCUT2D eigenvalue weighted by Crippen LogP contribution is 2.28. The van der Waals surface area contributed by atoms with Crippen molar-refractivity contribution in [3.05, 3.63) is 45.5 Å². The van der Waals surface area contributed by atoms with Gasteiger partial charge >= 0.3 is 5.97 Å². The third-order valence-corrected chi connectivity index (χ3v) is 5.25.